The first-order valence-electron chi connectivity index (χ1n) is 11.3. The van der Waals surface area contributed by atoms with Gasteiger partial charge in [-0.1, -0.05) is 71.7 Å². The van der Waals surface area contributed by atoms with Crippen LogP contribution >= 0.6 is 23.2 Å². The molecule has 1 aliphatic heterocycles. The van der Waals surface area contributed by atoms with Crippen LogP contribution in [0, 0.1) is 0 Å². The van der Waals surface area contributed by atoms with E-state index in [0.717, 1.165) is 53.1 Å². The van der Waals surface area contributed by atoms with E-state index in [9.17, 15) is 4.79 Å². The summed E-state index contributed by atoms with van der Waals surface area (Å²) in [7, 11) is 0. The fraction of sp³-hybridized carbons (Fsp3) is 0.296. The average Bonchev–Trinajstić information content (AvgIpc) is 3.44. The zero-order chi connectivity index (χ0) is 22.1. The fourth-order valence-corrected chi connectivity index (χ4v) is 5.49. The Hall–Kier alpha value is -2.33. The highest BCUT2D eigenvalue weighted by Gasteiger charge is 2.20. The standard InChI is InChI=1S/C27H26Cl2N2O/c28-25-14-18(10-11-19(25)15-30-16-20-12-13-26(32)31-20)22-7-3-9-24(27(22)29)23-8-2-5-17-4-1-6-21(17)23/h2-3,5,7-11,14,20,30H,1,4,6,12-13,15-16H2,(H,31,32). The molecule has 1 saturated heterocycles. The van der Waals surface area contributed by atoms with Gasteiger partial charge in [0.1, 0.15) is 0 Å². The molecule has 1 unspecified atom stereocenters. The highest BCUT2D eigenvalue weighted by Crippen LogP contribution is 2.40. The number of benzene rings is 3. The third-order valence-electron chi connectivity index (χ3n) is 6.59. The quantitative estimate of drug-likeness (QED) is 0.456. The molecule has 2 N–H and O–H groups in total. The van der Waals surface area contributed by atoms with Crippen LogP contribution in [0.3, 0.4) is 0 Å². The predicted molar refractivity (Wildman–Crippen MR) is 132 cm³/mol. The van der Waals surface area contributed by atoms with Gasteiger partial charge in [0.15, 0.2) is 0 Å². The number of carbonyl (C=O) groups is 1. The Morgan fingerprint density at radius 2 is 1.75 bits per heavy atom. The SMILES string of the molecule is O=C1CCC(CNCc2ccc(-c3cccc(-c4cccc5c4CCC5)c3Cl)cc2Cl)N1. The third-order valence-corrected chi connectivity index (χ3v) is 7.35. The molecule has 5 heteroatoms. The third kappa shape index (κ3) is 4.30. The van der Waals surface area contributed by atoms with Crippen LogP contribution in [-0.2, 0) is 24.2 Å². The summed E-state index contributed by atoms with van der Waals surface area (Å²) in [5.74, 6) is 0.138. The molecule has 3 aromatic rings. The van der Waals surface area contributed by atoms with Crippen LogP contribution in [0.5, 0.6) is 0 Å². The van der Waals surface area contributed by atoms with Crippen LogP contribution in [0.15, 0.2) is 54.6 Å². The van der Waals surface area contributed by atoms with Gasteiger partial charge in [0, 0.05) is 41.7 Å². The largest absolute Gasteiger partial charge is 0.352 e. The maximum Gasteiger partial charge on any atom is 0.220 e. The molecule has 0 saturated carbocycles. The van der Waals surface area contributed by atoms with E-state index in [4.69, 9.17) is 23.2 Å². The van der Waals surface area contributed by atoms with E-state index in [2.05, 4.69) is 59.2 Å². The summed E-state index contributed by atoms with van der Waals surface area (Å²) < 4.78 is 0. The van der Waals surface area contributed by atoms with E-state index in [1.807, 2.05) is 6.07 Å². The zero-order valence-electron chi connectivity index (χ0n) is 17.9. The van der Waals surface area contributed by atoms with Crippen molar-refractivity contribution < 1.29 is 4.79 Å². The van der Waals surface area contributed by atoms with Crippen LogP contribution in [0.25, 0.3) is 22.3 Å². The molecule has 3 nitrogen and oxygen atoms in total. The summed E-state index contributed by atoms with van der Waals surface area (Å²) in [4.78, 5) is 11.3. The summed E-state index contributed by atoms with van der Waals surface area (Å²) in [5.41, 5.74) is 8.26. The number of aryl methyl sites for hydroxylation is 1. The monoisotopic (exact) mass is 464 g/mol. The summed E-state index contributed by atoms with van der Waals surface area (Å²) >= 11 is 13.6. The number of carbonyl (C=O) groups excluding carboxylic acids is 1. The maximum absolute atomic E-state index is 11.3. The first-order valence-corrected chi connectivity index (χ1v) is 12.0. The Bertz CT molecular complexity index is 1170. The first kappa shape index (κ1) is 21.5. The van der Waals surface area contributed by atoms with Gasteiger partial charge < -0.3 is 10.6 Å². The number of halogens is 2. The average molecular weight is 465 g/mol. The zero-order valence-corrected chi connectivity index (χ0v) is 19.4. The molecule has 0 spiro atoms. The highest BCUT2D eigenvalue weighted by atomic mass is 35.5. The summed E-state index contributed by atoms with van der Waals surface area (Å²) in [6.45, 7) is 1.41. The van der Waals surface area contributed by atoms with Gasteiger partial charge in [0.05, 0.1) is 5.02 Å². The van der Waals surface area contributed by atoms with Crippen LogP contribution in [0.1, 0.15) is 36.0 Å². The van der Waals surface area contributed by atoms with Gasteiger partial charge in [0.25, 0.3) is 0 Å². The van der Waals surface area contributed by atoms with Gasteiger partial charge in [-0.2, -0.15) is 0 Å². The molecule has 0 bridgehead atoms. The number of hydrogen-bond donors (Lipinski definition) is 2. The Morgan fingerprint density at radius 1 is 0.938 bits per heavy atom. The van der Waals surface area contributed by atoms with Crippen LogP contribution in [-0.4, -0.2) is 18.5 Å². The van der Waals surface area contributed by atoms with Gasteiger partial charge >= 0.3 is 0 Å². The number of fused-ring (bicyclic) bond motifs is 1. The number of rotatable bonds is 6. The van der Waals surface area contributed by atoms with E-state index in [0.29, 0.717) is 18.0 Å². The first-order chi connectivity index (χ1) is 15.6. The van der Waals surface area contributed by atoms with Crippen molar-refractivity contribution in [2.75, 3.05) is 6.54 Å². The fourth-order valence-electron chi connectivity index (χ4n) is 4.90. The molecule has 32 heavy (non-hydrogen) atoms. The Balaban J connectivity index is 1.36. The molecule has 1 heterocycles. The maximum atomic E-state index is 11.3. The van der Waals surface area contributed by atoms with Crippen LogP contribution < -0.4 is 10.6 Å². The second-order valence-electron chi connectivity index (χ2n) is 8.70. The van der Waals surface area contributed by atoms with Gasteiger partial charge in [-0.3, -0.25) is 4.79 Å². The van der Waals surface area contributed by atoms with E-state index in [1.165, 1.54) is 23.1 Å². The molecule has 5 rings (SSSR count). The molecule has 2 aliphatic rings. The molecule has 1 amide bonds. The normalized spacial score (nSPS) is 17.4. The molecule has 0 radical (unpaired) electrons. The lowest BCUT2D eigenvalue weighted by atomic mass is 9.94. The lowest BCUT2D eigenvalue weighted by Crippen LogP contribution is -2.35. The van der Waals surface area contributed by atoms with E-state index < -0.39 is 0 Å². The molecule has 1 aliphatic carbocycles. The van der Waals surface area contributed by atoms with Crippen LogP contribution in [0.4, 0.5) is 0 Å². The second-order valence-corrected chi connectivity index (χ2v) is 9.49. The minimum absolute atomic E-state index is 0.138. The number of amides is 1. The lowest BCUT2D eigenvalue weighted by Gasteiger charge is -2.15. The molecular weight excluding hydrogens is 439 g/mol. The Morgan fingerprint density at radius 3 is 2.56 bits per heavy atom. The molecular formula is C27H26Cl2N2O. The van der Waals surface area contributed by atoms with Crippen molar-refractivity contribution in [3.05, 3.63) is 81.3 Å². The van der Waals surface area contributed by atoms with Gasteiger partial charge in [0.2, 0.25) is 5.91 Å². The van der Waals surface area contributed by atoms with Crippen molar-refractivity contribution in [2.45, 2.75) is 44.7 Å². The molecule has 164 valence electrons. The van der Waals surface area contributed by atoms with E-state index in [1.54, 1.807) is 0 Å². The Kier molecular flexibility index (Phi) is 6.23. The van der Waals surface area contributed by atoms with Crippen LogP contribution in [0.2, 0.25) is 10.0 Å². The summed E-state index contributed by atoms with van der Waals surface area (Å²) in [6, 6.07) is 19.1. The van der Waals surface area contributed by atoms with Crippen molar-refractivity contribution >= 4 is 29.1 Å². The molecule has 0 aromatic heterocycles. The molecule has 3 aromatic carbocycles. The van der Waals surface area contributed by atoms with Crippen molar-refractivity contribution in [1.82, 2.24) is 10.6 Å². The van der Waals surface area contributed by atoms with Crippen molar-refractivity contribution in [3.8, 4) is 22.3 Å². The second kappa shape index (κ2) is 9.27. The van der Waals surface area contributed by atoms with Gasteiger partial charge in [-0.05, 0) is 59.6 Å². The number of hydrogen-bond acceptors (Lipinski definition) is 2. The lowest BCUT2D eigenvalue weighted by molar-refractivity contribution is -0.119. The van der Waals surface area contributed by atoms with Crippen molar-refractivity contribution in [2.24, 2.45) is 0 Å². The Labute approximate surface area is 199 Å². The van der Waals surface area contributed by atoms with Crippen molar-refractivity contribution in [3.63, 3.8) is 0 Å². The minimum atomic E-state index is 0.138. The molecule has 1 atom stereocenters. The minimum Gasteiger partial charge on any atom is -0.352 e. The highest BCUT2D eigenvalue weighted by molar-refractivity contribution is 6.36. The molecule has 1 fully saturated rings. The van der Waals surface area contributed by atoms with E-state index >= 15 is 0 Å². The van der Waals surface area contributed by atoms with Gasteiger partial charge in [-0.15, -0.1) is 0 Å². The summed E-state index contributed by atoms with van der Waals surface area (Å²) in [6.07, 6.45) is 4.98. The van der Waals surface area contributed by atoms with Crippen molar-refractivity contribution in [1.29, 1.82) is 0 Å². The predicted octanol–water partition coefficient (Wildman–Crippen LogP) is 6.18. The number of nitrogens with one attached hydrogen (secondary N) is 2. The topological polar surface area (TPSA) is 41.1 Å². The summed E-state index contributed by atoms with van der Waals surface area (Å²) in [5, 5.41) is 7.87. The van der Waals surface area contributed by atoms with E-state index in [-0.39, 0.29) is 11.9 Å². The smallest absolute Gasteiger partial charge is 0.220 e. The van der Waals surface area contributed by atoms with Gasteiger partial charge in [-0.25, -0.2) is 0 Å².